The number of amides is 2. The average molecular weight is 390 g/mol. The van der Waals surface area contributed by atoms with Crippen molar-refractivity contribution in [1.29, 1.82) is 0 Å². The van der Waals surface area contributed by atoms with Crippen molar-refractivity contribution >= 4 is 33.8 Å². The summed E-state index contributed by atoms with van der Waals surface area (Å²) in [5.74, 6) is -3.61. The largest absolute Gasteiger partial charge is 1.00 e. The number of hydrogen-bond acceptors (Lipinski definition) is 8. The number of carboxylic acids is 1. The summed E-state index contributed by atoms with van der Waals surface area (Å²) in [4.78, 5) is 33.0. The second-order valence-corrected chi connectivity index (χ2v) is 5.78. The van der Waals surface area contributed by atoms with Crippen LogP contribution in [0.1, 0.15) is 6.92 Å². The van der Waals surface area contributed by atoms with Crippen LogP contribution < -0.4 is 79.6 Å². The van der Waals surface area contributed by atoms with Crippen molar-refractivity contribution in [2.45, 2.75) is 13.0 Å². The number of carbonyl (C=O) groups is 3. The summed E-state index contributed by atoms with van der Waals surface area (Å²) in [5, 5.41) is 14.9. The van der Waals surface area contributed by atoms with Crippen LogP contribution in [0, 0.1) is 0 Å². The Balaban J connectivity index is 0. The predicted molar refractivity (Wildman–Crippen MR) is 73.3 cm³/mol. The first-order valence-electron chi connectivity index (χ1n) is 6.07. The monoisotopic (exact) mass is 390 g/mol. The third-order valence-corrected chi connectivity index (χ3v) is 3.07. The molecule has 0 aliphatic heterocycles. The molecule has 0 fully saturated rings. The van der Waals surface area contributed by atoms with Gasteiger partial charge in [0.2, 0.25) is 5.91 Å². The van der Waals surface area contributed by atoms with E-state index >= 15 is 0 Å². The standard InChI is InChI=1S/C12H14N2O8S.2Na/c1-7(15)13-8-2-4-9(5-3-8)22-12(18)14-10(11(16)17)6-23(19,20)21;;/h2-5,10H,6H2,1H3,(H,13,15)(H,14,18)(H,16,17)(H,19,20,21);;/q;2*+1/p-2/t10-;;/m0../s1. The van der Waals surface area contributed by atoms with Crippen molar-refractivity contribution in [3.63, 3.8) is 0 Å². The van der Waals surface area contributed by atoms with Crippen molar-refractivity contribution in [2.75, 3.05) is 11.1 Å². The molecule has 0 saturated carbocycles. The molecule has 0 aliphatic carbocycles. The Hall–Kier alpha value is -0.660. The summed E-state index contributed by atoms with van der Waals surface area (Å²) < 4.78 is 36.3. The van der Waals surface area contributed by atoms with E-state index in [-0.39, 0.29) is 70.8 Å². The molecule has 0 bridgehead atoms. The fourth-order valence-electron chi connectivity index (χ4n) is 1.46. The van der Waals surface area contributed by atoms with Gasteiger partial charge in [0.25, 0.3) is 0 Å². The van der Waals surface area contributed by atoms with Gasteiger partial charge in [-0.05, 0) is 24.3 Å². The number of aliphatic carboxylic acids is 1. The van der Waals surface area contributed by atoms with Gasteiger partial charge >= 0.3 is 65.2 Å². The molecule has 2 amide bonds. The molecule has 0 unspecified atom stereocenters. The van der Waals surface area contributed by atoms with Gasteiger partial charge < -0.3 is 29.8 Å². The van der Waals surface area contributed by atoms with E-state index in [0.29, 0.717) is 5.69 Å². The number of ether oxygens (including phenoxy) is 1. The molecule has 1 rings (SSSR count). The fraction of sp³-hybridized carbons (Fsp3) is 0.250. The molecule has 13 heteroatoms. The molecule has 0 aromatic heterocycles. The molecule has 25 heavy (non-hydrogen) atoms. The molecule has 0 spiro atoms. The van der Waals surface area contributed by atoms with Gasteiger partial charge in [-0.2, -0.15) is 0 Å². The second kappa shape index (κ2) is 11.9. The Bertz CT molecular complexity index is 708. The summed E-state index contributed by atoms with van der Waals surface area (Å²) in [6.07, 6.45) is -1.28. The number of carbonyl (C=O) groups excluding carboxylic acids is 3. The molecule has 0 aliphatic rings. The first kappa shape index (κ1) is 26.6. The minimum absolute atomic E-state index is 0. The molecule has 126 valence electrons. The topological polar surface area (TPSA) is 165 Å². The summed E-state index contributed by atoms with van der Waals surface area (Å²) in [7, 11) is -4.89. The van der Waals surface area contributed by atoms with Crippen LogP contribution in [-0.4, -0.2) is 42.7 Å². The number of benzene rings is 1. The molecule has 0 radical (unpaired) electrons. The van der Waals surface area contributed by atoms with Gasteiger partial charge in [-0.3, -0.25) is 4.79 Å². The van der Waals surface area contributed by atoms with Crippen molar-refractivity contribution in [3.8, 4) is 5.75 Å². The molecule has 0 saturated heterocycles. The van der Waals surface area contributed by atoms with Crippen LogP contribution in [0.2, 0.25) is 0 Å². The Kier molecular flexibility index (Phi) is 12.6. The van der Waals surface area contributed by atoms with Crippen molar-refractivity contribution < 1.29 is 96.3 Å². The van der Waals surface area contributed by atoms with E-state index in [2.05, 4.69) is 5.32 Å². The molecule has 0 heterocycles. The maximum Gasteiger partial charge on any atom is 1.00 e. The van der Waals surface area contributed by atoms with Crippen LogP contribution in [-0.2, 0) is 19.7 Å². The molecule has 1 atom stereocenters. The van der Waals surface area contributed by atoms with Gasteiger partial charge in [0.1, 0.15) is 5.75 Å². The normalized spacial score (nSPS) is 11.1. The summed E-state index contributed by atoms with van der Waals surface area (Å²) in [5.41, 5.74) is 0.440. The van der Waals surface area contributed by atoms with E-state index in [9.17, 15) is 32.5 Å². The molecule has 1 aromatic rings. The fourth-order valence-corrected chi connectivity index (χ4v) is 2.09. The average Bonchev–Trinajstić information content (AvgIpc) is 2.38. The molecular weight excluding hydrogens is 378 g/mol. The van der Waals surface area contributed by atoms with Crippen LogP contribution in [0.3, 0.4) is 0 Å². The van der Waals surface area contributed by atoms with E-state index in [1.807, 2.05) is 0 Å². The van der Waals surface area contributed by atoms with Gasteiger partial charge in [0.05, 0.1) is 27.9 Å². The molecule has 10 nitrogen and oxygen atoms in total. The van der Waals surface area contributed by atoms with E-state index in [1.54, 1.807) is 5.32 Å². The zero-order valence-electron chi connectivity index (χ0n) is 13.8. The van der Waals surface area contributed by atoms with Gasteiger partial charge in [-0.25, -0.2) is 13.2 Å². The van der Waals surface area contributed by atoms with Crippen molar-refractivity contribution in [3.05, 3.63) is 24.3 Å². The number of rotatable bonds is 6. The first-order chi connectivity index (χ1) is 10.6. The maximum atomic E-state index is 11.5. The summed E-state index contributed by atoms with van der Waals surface area (Å²) >= 11 is 0. The Morgan fingerprint density at radius 3 is 2.08 bits per heavy atom. The number of anilines is 1. The minimum Gasteiger partial charge on any atom is -0.748 e. The van der Waals surface area contributed by atoms with Crippen LogP contribution in [0.4, 0.5) is 10.5 Å². The first-order valence-corrected chi connectivity index (χ1v) is 7.65. The van der Waals surface area contributed by atoms with E-state index in [0.717, 1.165) is 0 Å². The Morgan fingerprint density at radius 2 is 1.68 bits per heavy atom. The van der Waals surface area contributed by atoms with Crippen LogP contribution in [0.25, 0.3) is 0 Å². The molecule has 2 N–H and O–H groups in total. The SMILES string of the molecule is CC(=O)Nc1ccc(OC(=O)N[C@@H](CS(=O)(=O)[O-])C(=O)[O-])cc1.[Na+].[Na+]. The zero-order valence-corrected chi connectivity index (χ0v) is 18.6. The van der Waals surface area contributed by atoms with Gasteiger partial charge in [-0.15, -0.1) is 0 Å². The van der Waals surface area contributed by atoms with Crippen molar-refractivity contribution in [2.24, 2.45) is 0 Å². The second-order valence-electron chi connectivity index (χ2n) is 4.34. The maximum absolute atomic E-state index is 11.5. The van der Waals surface area contributed by atoms with Gasteiger partial charge in [-0.1, -0.05) is 0 Å². The predicted octanol–water partition coefficient (Wildman–Crippen LogP) is -7.59. The Labute approximate surface area is 188 Å². The van der Waals surface area contributed by atoms with Crippen LogP contribution >= 0.6 is 0 Å². The summed E-state index contributed by atoms with van der Waals surface area (Å²) in [6.45, 7) is 1.31. The van der Waals surface area contributed by atoms with E-state index < -0.39 is 34.0 Å². The third-order valence-electron chi connectivity index (χ3n) is 2.33. The number of nitrogens with one attached hydrogen (secondary N) is 2. The molecule has 1 aromatic carbocycles. The van der Waals surface area contributed by atoms with Crippen LogP contribution in [0.5, 0.6) is 5.75 Å². The number of carboxylic acid groups (broad SMARTS) is 1. The number of hydrogen-bond donors (Lipinski definition) is 2. The smallest absolute Gasteiger partial charge is 0.748 e. The minimum atomic E-state index is -4.89. The third kappa shape index (κ3) is 11.5. The van der Waals surface area contributed by atoms with Crippen LogP contribution in [0.15, 0.2) is 24.3 Å². The van der Waals surface area contributed by atoms with E-state index in [1.165, 1.54) is 31.2 Å². The van der Waals surface area contributed by atoms with Crippen molar-refractivity contribution in [1.82, 2.24) is 5.32 Å². The zero-order chi connectivity index (χ0) is 17.6. The van der Waals surface area contributed by atoms with Gasteiger partial charge in [0, 0.05) is 12.6 Å². The van der Waals surface area contributed by atoms with Gasteiger partial charge in [0.15, 0.2) is 0 Å². The summed E-state index contributed by atoms with van der Waals surface area (Å²) in [6, 6.07) is 3.42. The Morgan fingerprint density at radius 1 is 1.16 bits per heavy atom. The van der Waals surface area contributed by atoms with E-state index in [4.69, 9.17) is 4.74 Å². The quantitative estimate of drug-likeness (QED) is 0.357. The molecular formula is C12H12N2Na2O8S.